The van der Waals surface area contributed by atoms with E-state index in [0.29, 0.717) is 6.04 Å². The molecule has 24 heavy (non-hydrogen) atoms. The zero-order valence-corrected chi connectivity index (χ0v) is 14.6. The van der Waals surface area contributed by atoms with E-state index in [1.807, 2.05) is 24.5 Å². The number of imidazole rings is 1. The molecular weight excluding hydrogens is 298 g/mol. The highest BCUT2D eigenvalue weighted by Crippen LogP contribution is 2.22. The van der Waals surface area contributed by atoms with E-state index >= 15 is 0 Å². The Morgan fingerprint density at radius 1 is 1.12 bits per heavy atom. The van der Waals surface area contributed by atoms with Gasteiger partial charge in [0.2, 0.25) is 0 Å². The van der Waals surface area contributed by atoms with Gasteiger partial charge in [0, 0.05) is 32.0 Å². The molecule has 1 heterocycles. The maximum absolute atomic E-state index is 5.13. The largest absolute Gasteiger partial charge is 0.385 e. The van der Waals surface area contributed by atoms with Crippen LogP contribution in [0.3, 0.4) is 0 Å². The van der Waals surface area contributed by atoms with Crippen LogP contribution in [0.4, 0.5) is 0 Å². The van der Waals surface area contributed by atoms with Gasteiger partial charge in [0.05, 0.1) is 11.0 Å². The van der Waals surface area contributed by atoms with Crippen molar-refractivity contribution in [1.29, 1.82) is 0 Å². The number of rotatable bonds is 7. The van der Waals surface area contributed by atoms with Gasteiger partial charge in [0.1, 0.15) is 6.33 Å². The second-order valence-corrected chi connectivity index (χ2v) is 6.20. The Kier molecular flexibility index (Phi) is 5.28. The molecule has 0 bridgehead atoms. The molecule has 1 unspecified atom stereocenters. The molecule has 0 amide bonds. The van der Waals surface area contributed by atoms with Gasteiger partial charge in [-0.1, -0.05) is 24.3 Å². The Labute approximate surface area is 143 Å². The van der Waals surface area contributed by atoms with Crippen LogP contribution >= 0.6 is 0 Å². The lowest BCUT2D eigenvalue weighted by Gasteiger charge is -2.25. The maximum Gasteiger partial charge on any atom is 0.100 e. The molecule has 4 nitrogen and oxygen atoms in total. The highest BCUT2D eigenvalue weighted by Gasteiger charge is 2.12. The molecule has 0 aliphatic heterocycles. The summed E-state index contributed by atoms with van der Waals surface area (Å²) in [6, 6.07) is 17.3. The minimum absolute atomic E-state index is 0.385. The number of para-hydroxylation sites is 2. The molecule has 1 atom stereocenters. The van der Waals surface area contributed by atoms with Crippen molar-refractivity contribution in [3.63, 3.8) is 0 Å². The van der Waals surface area contributed by atoms with Gasteiger partial charge < -0.3 is 4.74 Å². The lowest BCUT2D eigenvalue weighted by Crippen LogP contribution is -2.24. The Bertz CT molecular complexity index is 779. The molecule has 3 aromatic rings. The van der Waals surface area contributed by atoms with Crippen LogP contribution in [0.15, 0.2) is 54.9 Å². The topological polar surface area (TPSA) is 30.3 Å². The van der Waals surface area contributed by atoms with Crippen LogP contribution in [-0.4, -0.2) is 41.8 Å². The monoisotopic (exact) mass is 323 g/mol. The van der Waals surface area contributed by atoms with Gasteiger partial charge in [0.15, 0.2) is 0 Å². The van der Waals surface area contributed by atoms with E-state index in [-0.39, 0.29) is 0 Å². The van der Waals surface area contributed by atoms with Crippen molar-refractivity contribution in [2.45, 2.75) is 19.4 Å². The summed E-state index contributed by atoms with van der Waals surface area (Å²) in [6.07, 6.45) is 2.94. The lowest BCUT2D eigenvalue weighted by atomic mass is 10.1. The highest BCUT2D eigenvalue weighted by molar-refractivity contribution is 5.77. The van der Waals surface area contributed by atoms with Gasteiger partial charge in [0.25, 0.3) is 0 Å². The first-order valence-corrected chi connectivity index (χ1v) is 8.42. The van der Waals surface area contributed by atoms with Crippen LogP contribution in [0.1, 0.15) is 24.9 Å². The summed E-state index contributed by atoms with van der Waals surface area (Å²) in [4.78, 5) is 6.83. The molecule has 0 aliphatic rings. The molecule has 0 aliphatic carbocycles. The van der Waals surface area contributed by atoms with E-state index in [4.69, 9.17) is 4.74 Å². The van der Waals surface area contributed by atoms with Crippen LogP contribution in [-0.2, 0) is 4.74 Å². The van der Waals surface area contributed by atoms with Crippen molar-refractivity contribution in [3.05, 3.63) is 60.4 Å². The molecular formula is C20H25N3O. The smallest absolute Gasteiger partial charge is 0.100 e. The molecule has 4 heteroatoms. The summed E-state index contributed by atoms with van der Waals surface area (Å²) in [5, 5.41) is 0. The maximum atomic E-state index is 5.13. The zero-order chi connectivity index (χ0) is 16.9. The van der Waals surface area contributed by atoms with E-state index in [2.05, 4.69) is 58.8 Å². The molecule has 0 saturated heterocycles. The third-order valence-corrected chi connectivity index (χ3v) is 4.63. The number of nitrogens with zero attached hydrogens (tertiary/aromatic N) is 3. The van der Waals surface area contributed by atoms with Crippen LogP contribution in [0, 0.1) is 0 Å². The lowest BCUT2D eigenvalue weighted by molar-refractivity contribution is 0.168. The summed E-state index contributed by atoms with van der Waals surface area (Å²) in [6.45, 7) is 4.08. The first kappa shape index (κ1) is 16.7. The summed E-state index contributed by atoms with van der Waals surface area (Å²) < 4.78 is 7.27. The molecule has 0 radical (unpaired) electrons. The fourth-order valence-electron chi connectivity index (χ4n) is 2.98. The van der Waals surface area contributed by atoms with Gasteiger partial charge in [-0.15, -0.1) is 0 Å². The van der Waals surface area contributed by atoms with Gasteiger partial charge in [-0.05, 0) is 50.2 Å². The molecule has 0 fully saturated rings. The number of benzene rings is 2. The standard InChI is InChI=1S/C20H25N3O/c1-16(22(2)13-6-14-24-3)17-9-11-18(12-10-17)23-15-21-19-7-4-5-8-20(19)23/h4-5,7-12,15-16H,6,13-14H2,1-3H3. The molecule has 3 rings (SSSR count). The quantitative estimate of drug-likeness (QED) is 0.614. The minimum atomic E-state index is 0.385. The Morgan fingerprint density at radius 3 is 2.62 bits per heavy atom. The van der Waals surface area contributed by atoms with Gasteiger partial charge >= 0.3 is 0 Å². The number of fused-ring (bicyclic) bond motifs is 1. The molecule has 0 spiro atoms. The molecule has 0 saturated carbocycles. The number of methoxy groups -OCH3 is 1. The predicted molar refractivity (Wildman–Crippen MR) is 98.6 cm³/mol. The fraction of sp³-hybridized carbons (Fsp3) is 0.350. The third kappa shape index (κ3) is 3.50. The Balaban J connectivity index is 1.75. The van der Waals surface area contributed by atoms with E-state index in [9.17, 15) is 0 Å². The normalized spacial score (nSPS) is 12.8. The number of hydrogen-bond donors (Lipinski definition) is 0. The summed E-state index contributed by atoms with van der Waals surface area (Å²) in [7, 11) is 3.92. The summed E-state index contributed by atoms with van der Waals surface area (Å²) >= 11 is 0. The molecule has 126 valence electrons. The van der Waals surface area contributed by atoms with E-state index in [1.54, 1.807) is 7.11 Å². The third-order valence-electron chi connectivity index (χ3n) is 4.63. The first-order chi connectivity index (χ1) is 11.7. The molecule has 2 aromatic carbocycles. The Morgan fingerprint density at radius 2 is 1.88 bits per heavy atom. The average Bonchev–Trinajstić information content (AvgIpc) is 3.05. The van der Waals surface area contributed by atoms with E-state index in [0.717, 1.165) is 36.3 Å². The van der Waals surface area contributed by atoms with Gasteiger partial charge in [-0.25, -0.2) is 4.98 Å². The Hall–Kier alpha value is -2.17. The van der Waals surface area contributed by atoms with Crippen LogP contribution < -0.4 is 0 Å². The van der Waals surface area contributed by atoms with Crippen LogP contribution in [0.2, 0.25) is 0 Å². The highest BCUT2D eigenvalue weighted by atomic mass is 16.5. The predicted octanol–water partition coefficient (Wildman–Crippen LogP) is 4.05. The number of hydrogen-bond acceptors (Lipinski definition) is 3. The second kappa shape index (κ2) is 7.60. The van der Waals surface area contributed by atoms with Crippen molar-refractivity contribution in [1.82, 2.24) is 14.5 Å². The first-order valence-electron chi connectivity index (χ1n) is 8.42. The summed E-state index contributed by atoms with van der Waals surface area (Å²) in [5.74, 6) is 0. The SMILES string of the molecule is COCCCN(C)C(C)c1ccc(-n2cnc3ccccc32)cc1. The van der Waals surface area contributed by atoms with Crippen LogP contribution in [0.25, 0.3) is 16.7 Å². The van der Waals surface area contributed by atoms with Crippen molar-refractivity contribution in [2.24, 2.45) is 0 Å². The summed E-state index contributed by atoms with van der Waals surface area (Å²) in [5.41, 5.74) is 4.62. The van der Waals surface area contributed by atoms with Gasteiger partial charge in [-0.3, -0.25) is 9.47 Å². The minimum Gasteiger partial charge on any atom is -0.385 e. The number of aromatic nitrogens is 2. The van der Waals surface area contributed by atoms with E-state index in [1.165, 1.54) is 5.56 Å². The number of ether oxygens (including phenoxy) is 1. The van der Waals surface area contributed by atoms with Crippen molar-refractivity contribution < 1.29 is 4.74 Å². The second-order valence-electron chi connectivity index (χ2n) is 6.20. The van der Waals surface area contributed by atoms with E-state index < -0.39 is 0 Å². The zero-order valence-electron chi connectivity index (χ0n) is 14.6. The molecule has 1 aromatic heterocycles. The van der Waals surface area contributed by atoms with Crippen molar-refractivity contribution in [3.8, 4) is 5.69 Å². The fourth-order valence-corrected chi connectivity index (χ4v) is 2.98. The van der Waals surface area contributed by atoms with Crippen LogP contribution in [0.5, 0.6) is 0 Å². The van der Waals surface area contributed by atoms with Crippen molar-refractivity contribution in [2.75, 3.05) is 27.3 Å². The van der Waals surface area contributed by atoms with Crippen molar-refractivity contribution >= 4 is 11.0 Å². The molecule has 0 N–H and O–H groups in total. The van der Waals surface area contributed by atoms with Gasteiger partial charge in [-0.2, -0.15) is 0 Å². The average molecular weight is 323 g/mol.